The molecule has 314 valence electrons. The number of ether oxygens (including phenoxy) is 1. The summed E-state index contributed by atoms with van der Waals surface area (Å²) in [4.78, 5) is 51.7. The van der Waals surface area contributed by atoms with Crippen LogP contribution in [0, 0.1) is 0 Å². The van der Waals surface area contributed by atoms with Crippen LogP contribution in [0.4, 0.5) is 23.0 Å². The zero-order valence-corrected chi connectivity index (χ0v) is 34.3. The van der Waals surface area contributed by atoms with Crippen molar-refractivity contribution in [1.82, 2.24) is 19.5 Å². The van der Waals surface area contributed by atoms with Gasteiger partial charge >= 0.3 is 6.01 Å². The van der Waals surface area contributed by atoms with E-state index in [9.17, 15) is 53.3 Å². The molecule has 1 aliphatic rings. The molecule has 0 radical (unpaired) electrons. The summed E-state index contributed by atoms with van der Waals surface area (Å²) < 4.78 is 111. The van der Waals surface area contributed by atoms with Crippen LogP contribution in [0.2, 0.25) is 5.28 Å². The third kappa shape index (κ3) is 7.66. The van der Waals surface area contributed by atoms with Gasteiger partial charge in [-0.25, -0.2) is 0 Å². The van der Waals surface area contributed by atoms with Crippen LogP contribution >= 0.6 is 11.6 Å². The maximum Gasteiger partial charge on any atom is 0.328 e. The van der Waals surface area contributed by atoms with Crippen molar-refractivity contribution in [2.75, 3.05) is 10.6 Å². The van der Waals surface area contributed by atoms with Gasteiger partial charge in [-0.15, -0.1) is 0 Å². The zero-order valence-electron chi connectivity index (χ0n) is 31.1. The molecule has 0 atom stereocenters. The van der Waals surface area contributed by atoms with Crippen LogP contribution in [0.1, 0.15) is 31.8 Å². The molecule has 7 aromatic rings. The molecule has 5 N–H and O–H groups in total. The molecule has 19 nitrogen and oxygen atoms in total. The van der Waals surface area contributed by atoms with Crippen LogP contribution in [-0.2, 0) is 37.4 Å². The number of hydrogen-bond donors (Lipinski definition) is 5. The molecule has 62 heavy (non-hydrogen) atoms. The first-order valence-corrected chi connectivity index (χ1v) is 22.2. The molecule has 0 aliphatic heterocycles. The Hall–Kier alpha value is -6.92. The molecule has 2 heterocycles. The molecule has 0 bridgehead atoms. The van der Waals surface area contributed by atoms with E-state index in [1.165, 1.54) is 41.9 Å². The molecule has 0 spiro atoms. The first kappa shape index (κ1) is 41.8. The number of nitrogens with one attached hydrogen (secondary N) is 2. The average Bonchev–Trinajstić information content (AvgIpc) is 3.20. The van der Waals surface area contributed by atoms with Gasteiger partial charge < -0.3 is 19.9 Å². The number of hydrogen-bond acceptors (Lipinski definition) is 15. The number of pyridine rings is 1. The van der Waals surface area contributed by atoms with Gasteiger partial charge in [0.05, 0.1) is 38.6 Å². The van der Waals surface area contributed by atoms with Crippen LogP contribution < -0.4 is 20.9 Å². The van der Waals surface area contributed by atoms with E-state index in [1.807, 2.05) is 0 Å². The van der Waals surface area contributed by atoms with Crippen molar-refractivity contribution in [2.45, 2.75) is 14.7 Å². The minimum Gasteiger partial charge on any atom is -0.424 e. The largest absolute Gasteiger partial charge is 0.424 e. The molecular weight excluding hydrogens is 892 g/mol. The summed E-state index contributed by atoms with van der Waals surface area (Å²) in [6.45, 7) is 0. The first-order valence-electron chi connectivity index (χ1n) is 17.5. The number of carbonyl (C=O) groups excluding carboxylic acids is 2. The smallest absolute Gasteiger partial charge is 0.328 e. The van der Waals surface area contributed by atoms with Crippen molar-refractivity contribution in [1.29, 1.82) is 0 Å². The highest BCUT2D eigenvalue weighted by atomic mass is 35.5. The van der Waals surface area contributed by atoms with Crippen molar-refractivity contribution in [2.24, 2.45) is 7.05 Å². The Balaban J connectivity index is 1.30. The standard InChI is InChI=1S/C39H25ClN6O13S3/c1-46-27-16-15-24(31-32(27)30(22-9-5-6-10-23(22)35(31)48)33(36(46)49)34(47)19-7-3-2-4-8-19)41-25-17-26(29(62(56,57)58)18-28(25)61(53,54)55)42-38-43-37(40)44-39(45-38)59-20-11-13-21(14-12-20)60(50,51)52/h2-18,41H,1H3,(H,50,51,52)(H,53,54,55)(H,56,57,58)(H,42,43,44,45). The SMILES string of the molecule is Cn1c(=O)c(C(=O)c2ccccc2)c2c3c(c(Nc4cc(Nc5nc(Cl)nc(Oc6ccc(S(=O)(=O)O)cc6)n5)c(S(=O)(=O)O)cc4S(=O)(=O)O)ccc31)C(=O)c1ccccc1-2. The minimum atomic E-state index is -5.34. The maximum atomic E-state index is 14.5. The molecule has 0 saturated carbocycles. The number of nitrogens with zero attached hydrogens (tertiary/aromatic N) is 4. The second kappa shape index (κ2) is 15.2. The fraction of sp³-hybridized carbons (Fsp3) is 0.0256. The fourth-order valence-corrected chi connectivity index (χ4v) is 8.90. The predicted octanol–water partition coefficient (Wildman–Crippen LogP) is 5.84. The van der Waals surface area contributed by atoms with Gasteiger partial charge in [-0.3, -0.25) is 28.0 Å². The summed E-state index contributed by atoms with van der Waals surface area (Å²) in [5.41, 5.74) is -1.43. The van der Waals surface area contributed by atoms with Crippen LogP contribution in [0.25, 0.3) is 22.0 Å². The van der Waals surface area contributed by atoms with Crippen molar-refractivity contribution in [3.63, 3.8) is 0 Å². The van der Waals surface area contributed by atoms with Gasteiger partial charge in [0.1, 0.15) is 15.5 Å². The van der Waals surface area contributed by atoms with Gasteiger partial charge in [0.2, 0.25) is 11.2 Å². The van der Waals surface area contributed by atoms with E-state index < -0.39 is 90.8 Å². The summed E-state index contributed by atoms with van der Waals surface area (Å²) in [6.07, 6.45) is 0. The number of aromatic nitrogens is 4. The average molecular weight is 917 g/mol. The molecule has 23 heteroatoms. The zero-order chi connectivity index (χ0) is 44.5. The van der Waals surface area contributed by atoms with Gasteiger partial charge in [-0.1, -0.05) is 54.6 Å². The van der Waals surface area contributed by atoms with Gasteiger partial charge in [0.15, 0.2) is 11.6 Å². The lowest BCUT2D eigenvalue weighted by atomic mass is 9.80. The van der Waals surface area contributed by atoms with Gasteiger partial charge in [0.25, 0.3) is 35.9 Å². The number of ketones is 2. The number of aryl methyl sites for hydroxylation is 1. The van der Waals surface area contributed by atoms with Crippen LogP contribution in [0.5, 0.6) is 11.8 Å². The summed E-state index contributed by atoms with van der Waals surface area (Å²) >= 11 is 6.09. The van der Waals surface area contributed by atoms with Crippen LogP contribution in [-0.4, -0.2) is 70.0 Å². The Morgan fingerprint density at radius 3 is 1.92 bits per heavy atom. The summed E-state index contributed by atoms with van der Waals surface area (Å²) in [5.74, 6) is -1.84. The monoisotopic (exact) mass is 916 g/mol. The number of fused-ring (bicyclic) bond motifs is 2. The Morgan fingerprint density at radius 2 is 1.29 bits per heavy atom. The molecular formula is C39H25ClN6O13S3. The van der Waals surface area contributed by atoms with Crippen LogP contribution in [0.3, 0.4) is 0 Å². The highest BCUT2D eigenvalue weighted by molar-refractivity contribution is 7.87. The fourth-order valence-electron chi connectivity index (χ4n) is 6.89. The van der Waals surface area contributed by atoms with Gasteiger partial charge in [-0.05, 0) is 65.7 Å². The third-order valence-electron chi connectivity index (χ3n) is 9.57. The summed E-state index contributed by atoms with van der Waals surface area (Å²) in [5, 5.41) is 4.89. The quantitative estimate of drug-likeness (QED) is 0.0752. The number of benzene rings is 5. The van der Waals surface area contributed by atoms with E-state index in [-0.39, 0.29) is 55.7 Å². The highest BCUT2D eigenvalue weighted by Gasteiger charge is 2.35. The molecule has 0 amide bonds. The number of anilines is 4. The predicted molar refractivity (Wildman–Crippen MR) is 222 cm³/mol. The van der Waals surface area contributed by atoms with E-state index in [0.717, 1.165) is 30.3 Å². The lowest BCUT2D eigenvalue weighted by Crippen LogP contribution is -2.29. The Bertz CT molecular complexity index is 3500. The molecule has 0 saturated heterocycles. The van der Waals surface area contributed by atoms with Gasteiger partial charge in [0, 0.05) is 29.1 Å². The maximum absolute atomic E-state index is 14.5. The molecule has 1 aliphatic carbocycles. The second-order valence-electron chi connectivity index (χ2n) is 13.4. The molecule has 0 fully saturated rings. The Labute approximate surface area is 354 Å². The van der Waals surface area contributed by atoms with Crippen molar-refractivity contribution in [3.05, 3.63) is 141 Å². The highest BCUT2D eigenvalue weighted by Crippen LogP contribution is 2.45. The second-order valence-corrected chi connectivity index (χ2v) is 17.9. The van der Waals surface area contributed by atoms with E-state index in [4.69, 9.17) is 16.3 Å². The summed E-state index contributed by atoms with van der Waals surface area (Å²) in [7, 11) is -13.8. The number of halogens is 1. The Morgan fingerprint density at radius 1 is 0.677 bits per heavy atom. The van der Waals surface area contributed by atoms with Crippen LogP contribution in [0.15, 0.2) is 123 Å². The topological polar surface area (TPSA) is 291 Å². The normalized spacial score (nSPS) is 12.5. The molecule has 8 rings (SSSR count). The van der Waals surface area contributed by atoms with E-state index in [0.29, 0.717) is 6.07 Å². The number of carbonyl (C=O) groups is 2. The minimum absolute atomic E-state index is 0.0514. The Kier molecular flexibility index (Phi) is 10.3. The van der Waals surface area contributed by atoms with E-state index in [1.54, 1.807) is 36.4 Å². The summed E-state index contributed by atoms with van der Waals surface area (Å²) in [6, 6.07) is 22.1. The lowest BCUT2D eigenvalue weighted by Gasteiger charge is -2.26. The molecule has 5 aromatic carbocycles. The lowest BCUT2D eigenvalue weighted by molar-refractivity contribution is 0.102. The van der Waals surface area contributed by atoms with Crippen molar-refractivity contribution >= 4 is 87.4 Å². The van der Waals surface area contributed by atoms with Crippen molar-refractivity contribution < 1.29 is 53.2 Å². The molecule has 2 aromatic heterocycles. The molecule has 0 unspecified atom stereocenters. The first-order chi connectivity index (χ1) is 29.2. The van der Waals surface area contributed by atoms with Gasteiger partial charge in [-0.2, -0.15) is 40.2 Å². The van der Waals surface area contributed by atoms with E-state index >= 15 is 0 Å². The van der Waals surface area contributed by atoms with E-state index in [2.05, 4.69) is 25.6 Å². The number of rotatable bonds is 11. The van der Waals surface area contributed by atoms with Crippen molar-refractivity contribution in [3.8, 4) is 22.9 Å². The third-order valence-corrected chi connectivity index (χ3v) is 12.4.